The Hall–Kier alpha value is -3.17. The molecule has 5 aliphatic carbocycles. The summed E-state index contributed by atoms with van der Waals surface area (Å²) in [6, 6.07) is 2.45. The summed E-state index contributed by atoms with van der Waals surface area (Å²) >= 11 is 0. The lowest BCUT2D eigenvalue weighted by molar-refractivity contribution is -0.145. The second-order valence-corrected chi connectivity index (χ2v) is 13.2. The van der Waals surface area contributed by atoms with Crippen LogP contribution in [0.1, 0.15) is 73.2 Å². The summed E-state index contributed by atoms with van der Waals surface area (Å²) in [5.74, 6) is 1.66. The summed E-state index contributed by atoms with van der Waals surface area (Å²) in [6.07, 6.45) is 10.1. The van der Waals surface area contributed by atoms with Crippen molar-refractivity contribution in [1.82, 2.24) is 10.2 Å². The molecular formula is C33H42N2O7. The zero-order valence-electron chi connectivity index (χ0n) is 24.3. The number of carbonyl (C=O) groups is 3. The maximum absolute atomic E-state index is 13.9. The van der Waals surface area contributed by atoms with E-state index in [0.717, 1.165) is 19.3 Å². The fourth-order valence-electron chi connectivity index (χ4n) is 9.13. The molecule has 42 heavy (non-hydrogen) atoms. The molecule has 4 atom stereocenters. The molecular weight excluding hydrogens is 536 g/mol. The van der Waals surface area contributed by atoms with Gasteiger partial charge in [0.25, 0.3) is 0 Å². The first-order chi connectivity index (χ1) is 20.3. The minimum Gasteiger partial charge on any atom is -0.493 e. The van der Waals surface area contributed by atoms with Gasteiger partial charge in [-0.15, -0.1) is 6.58 Å². The molecule has 9 heteroatoms. The number of allylic oxidation sites excluding steroid dienone is 1. The van der Waals surface area contributed by atoms with Crippen molar-refractivity contribution in [3.8, 4) is 11.5 Å². The van der Waals surface area contributed by atoms with Gasteiger partial charge in [0.2, 0.25) is 11.8 Å². The van der Waals surface area contributed by atoms with Crippen LogP contribution in [0.5, 0.6) is 11.5 Å². The van der Waals surface area contributed by atoms with Gasteiger partial charge < -0.3 is 29.9 Å². The number of nitrogens with one attached hydrogen (secondary N) is 1. The van der Waals surface area contributed by atoms with Crippen LogP contribution < -0.4 is 14.8 Å². The van der Waals surface area contributed by atoms with Crippen molar-refractivity contribution in [3.05, 3.63) is 47.6 Å². The molecule has 4 bridgehead atoms. The van der Waals surface area contributed by atoms with E-state index in [1.165, 1.54) is 26.4 Å². The Morgan fingerprint density at radius 1 is 1.19 bits per heavy atom. The number of carbonyl (C=O) groups excluding carboxylic acids is 3. The zero-order chi connectivity index (χ0) is 29.6. The quantitative estimate of drug-likeness (QED) is 0.272. The summed E-state index contributed by atoms with van der Waals surface area (Å²) in [5, 5.41) is 24.1. The number of nitrogens with zero attached hydrogens (tertiary/aromatic N) is 1. The van der Waals surface area contributed by atoms with Crippen LogP contribution in [0.3, 0.4) is 0 Å². The average molecular weight is 579 g/mol. The van der Waals surface area contributed by atoms with Crippen molar-refractivity contribution in [2.45, 2.75) is 75.5 Å². The van der Waals surface area contributed by atoms with Crippen molar-refractivity contribution in [1.29, 1.82) is 0 Å². The predicted octanol–water partition coefficient (Wildman–Crippen LogP) is 3.14. The highest BCUT2D eigenvalue weighted by molar-refractivity contribution is 5.96. The third-order valence-electron chi connectivity index (χ3n) is 10.3. The molecule has 0 saturated heterocycles. The predicted molar refractivity (Wildman–Crippen MR) is 155 cm³/mol. The van der Waals surface area contributed by atoms with Gasteiger partial charge in [0.1, 0.15) is 18.5 Å². The smallest absolute Gasteiger partial charge is 0.247 e. The van der Waals surface area contributed by atoms with Crippen LogP contribution in [0.25, 0.3) is 0 Å². The first kappa shape index (κ1) is 28.9. The second-order valence-electron chi connectivity index (χ2n) is 13.2. The molecule has 7 rings (SSSR count). The van der Waals surface area contributed by atoms with Crippen molar-refractivity contribution in [2.24, 2.45) is 23.2 Å². The largest absolute Gasteiger partial charge is 0.493 e. The SMILES string of the molecule is C=CCCC(=O)N(CC12CC3CC(CC(C3)C1)C2)[C@@H]1C=C(C(=O)NCCO)[C@@H]2c3cc(C=O)cc(OC)c3O[C@@H]2[C@H]1O. The number of benzene rings is 1. The lowest BCUT2D eigenvalue weighted by atomic mass is 9.49. The lowest BCUT2D eigenvalue weighted by Crippen LogP contribution is -2.59. The van der Waals surface area contributed by atoms with E-state index in [4.69, 9.17) is 9.47 Å². The zero-order valence-corrected chi connectivity index (χ0v) is 24.3. The maximum Gasteiger partial charge on any atom is 0.247 e. The Morgan fingerprint density at radius 3 is 2.48 bits per heavy atom. The molecule has 1 aliphatic heterocycles. The highest BCUT2D eigenvalue weighted by atomic mass is 16.5. The topological polar surface area (TPSA) is 125 Å². The van der Waals surface area contributed by atoms with E-state index in [-0.39, 0.29) is 30.9 Å². The number of aliphatic hydroxyl groups is 2. The lowest BCUT2D eigenvalue weighted by Gasteiger charge is -2.58. The monoisotopic (exact) mass is 578 g/mol. The van der Waals surface area contributed by atoms with E-state index >= 15 is 0 Å². The Kier molecular flexibility index (Phi) is 7.91. The van der Waals surface area contributed by atoms with E-state index in [1.807, 2.05) is 4.90 Å². The van der Waals surface area contributed by atoms with E-state index < -0.39 is 30.1 Å². The molecule has 0 aromatic heterocycles. The van der Waals surface area contributed by atoms with Gasteiger partial charge in [0.05, 0.1) is 25.7 Å². The first-order valence-corrected chi connectivity index (χ1v) is 15.3. The number of fused-ring (bicyclic) bond motifs is 3. The second kappa shape index (κ2) is 11.5. The van der Waals surface area contributed by atoms with Crippen LogP contribution in [-0.2, 0) is 9.59 Å². The number of hydrogen-bond donors (Lipinski definition) is 3. The fraction of sp³-hybridized carbons (Fsp3) is 0.606. The Bertz CT molecular complexity index is 1250. The van der Waals surface area contributed by atoms with Crippen LogP contribution in [0.15, 0.2) is 36.4 Å². The fourth-order valence-corrected chi connectivity index (χ4v) is 9.13. The molecule has 226 valence electrons. The molecule has 0 unspecified atom stereocenters. The van der Waals surface area contributed by atoms with E-state index in [2.05, 4.69) is 11.9 Å². The van der Waals surface area contributed by atoms with Crippen LogP contribution in [0, 0.1) is 23.2 Å². The van der Waals surface area contributed by atoms with Crippen LogP contribution >= 0.6 is 0 Å². The first-order valence-electron chi connectivity index (χ1n) is 15.3. The Balaban J connectivity index is 1.41. The van der Waals surface area contributed by atoms with Crippen LogP contribution in [0.4, 0.5) is 0 Å². The highest BCUT2D eigenvalue weighted by Gasteiger charge is 2.55. The molecule has 4 fully saturated rings. The van der Waals surface area contributed by atoms with Crippen LogP contribution in [0.2, 0.25) is 0 Å². The Morgan fingerprint density at radius 2 is 1.88 bits per heavy atom. The molecule has 3 N–H and O–H groups in total. The molecule has 1 aromatic carbocycles. The van der Waals surface area contributed by atoms with Gasteiger partial charge >= 0.3 is 0 Å². The normalized spacial score (nSPS) is 33.6. The molecule has 6 aliphatic rings. The van der Waals surface area contributed by atoms with Crippen molar-refractivity contribution in [2.75, 3.05) is 26.8 Å². The molecule has 1 heterocycles. The number of aliphatic hydroxyl groups excluding tert-OH is 2. The summed E-state index contributed by atoms with van der Waals surface area (Å²) in [6.45, 7) is 4.17. The molecule has 9 nitrogen and oxygen atoms in total. The molecule has 0 spiro atoms. The summed E-state index contributed by atoms with van der Waals surface area (Å²) < 4.78 is 11.9. The molecule has 2 amide bonds. The van der Waals surface area contributed by atoms with Gasteiger partial charge in [-0.2, -0.15) is 0 Å². The third-order valence-corrected chi connectivity index (χ3v) is 10.3. The standard InChI is InChI=1S/C33H42N2O7/c1-3-4-5-27(38)35(18-33-14-19-8-20(15-33)10-21(9-19)16-33)25-13-24(32(40)34-6-7-36)28-23-11-22(17-37)12-26(41-2)30(23)42-31(28)29(25)39/h3,11-13,17,19-21,25,28-29,31,36,39H,1,4-10,14-16,18H2,2H3,(H,34,40)/t19?,20?,21?,25-,28+,29+,31+,33?/m1/s1. The molecule has 0 radical (unpaired) electrons. The number of aldehydes is 1. The van der Waals surface area contributed by atoms with Crippen LogP contribution in [-0.4, -0.2) is 78.3 Å². The van der Waals surface area contributed by atoms with Crippen molar-refractivity contribution in [3.63, 3.8) is 0 Å². The number of ether oxygens (including phenoxy) is 2. The number of hydrogen-bond acceptors (Lipinski definition) is 7. The van der Waals surface area contributed by atoms with Gasteiger partial charge in [0, 0.05) is 36.2 Å². The third kappa shape index (κ3) is 5.04. The Labute approximate surface area is 246 Å². The van der Waals surface area contributed by atoms with Gasteiger partial charge in [0.15, 0.2) is 11.5 Å². The highest BCUT2D eigenvalue weighted by Crippen LogP contribution is 2.60. The summed E-state index contributed by atoms with van der Waals surface area (Å²) in [5.41, 5.74) is 1.31. The number of rotatable bonds is 11. The number of methoxy groups -OCH3 is 1. The average Bonchev–Trinajstić information content (AvgIpc) is 3.36. The summed E-state index contributed by atoms with van der Waals surface area (Å²) in [4.78, 5) is 41.1. The van der Waals surface area contributed by atoms with Gasteiger partial charge in [-0.1, -0.05) is 6.08 Å². The minimum atomic E-state index is -1.12. The molecule has 1 aromatic rings. The maximum atomic E-state index is 13.9. The van der Waals surface area contributed by atoms with Gasteiger partial charge in [-0.05, 0) is 86.3 Å². The van der Waals surface area contributed by atoms with Gasteiger partial charge in [-0.25, -0.2) is 0 Å². The van der Waals surface area contributed by atoms with E-state index in [9.17, 15) is 24.6 Å². The van der Waals surface area contributed by atoms with Gasteiger partial charge in [-0.3, -0.25) is 14.4 Å². The van der Waals surface area contributed by atoms with Crippen molar-refractivity contribution >= 4 is 18.1 Å². The minimum absolute atomic E-state index is 0.0177. The summed E-state index contributed by atoms with van der Waals surface area (Å²) in [7, 11) is 1.48. The van der Waals surface area contributed by atoms with E-state index in [0.29, 0.717) is 65.2 Å². The van der Waals surface area contributed by atoms with Crippen molar-refractivity contribution < 1.29 is 34.1 Å². The molecule has 4 saturated carbocycles. The number of amides is 2. The van der Waals surface area contributed by atoms with E-state index in [1.54, 1.807) is 24.3 Å².